The molecule has 1 aromatic rings. The van der Waals surface area contributed by atoms with Gasteiger partial charge in [0.2, 0.25) is 0 Å². The Bertz CT molecular complexity index is 458. The number of hydrogen-bond acceptors (Lipinski definition) is 3. The Morgan fingerprint density at radius 1 is 1.15 bits per heavy atom. The zero-order valence-corrected chi connectivity index (χ0v) is 13.5. The number of ether oxygens (including phenoxy) is 1. The van der Waals surface area contributed by atoms with Crippen LogP contribution in [0.3, 0.4) is 0 Å². The van der Waals surface area contributed by atoms with Gasteiger partial charge in [0.15, 0.2) is 0 Å². The van der Waals surface area contributed by atoms with E-state index in [1.165, 1.54) is 7.11 Å². The van der Waals surface area contributed by atoms with Crippen molar-refractivity contribution in [3.05, 3.63) is 35.4 Å². The van der Waals surface area contributed by atoms with Gasteiger partial charge < -0.3 is 10.1 Å². The largest absolute Gasteiger partial charge is 0.465 e. The molecule has 3 nitrogen and oxygen atoms in total. The maximum atomic E-state index is 11.7. The van der Waals surface area contributed by atoms with E-state index in [2.05, 4.69) is 39.9 Å². The fourth-order valence-electron chi connectivity index (χ4n) is 2.71. The van der Waals surface area contributed by atoms with Gasteiger partial charge in [-0.05, 0) is 37.3 Å². The van der Waals surface area contributed by atoms with Crippen LogP contribution in [-0.4, -0.2) is 18.6 Å². The van der Waals surface area contributed by atoms with Gasteiger partial charge >= 0.3 is 5.97 Å². The first-order valence-electron chi connectivity index (χ1n) is 7.06. The van der Waals surface area contributed by atoms with Crippen molar-refractivity contribution in [1.82, 2.24) is 5.32 Å². The fraction of sp³-hybridized carbons (Fsp3) is 0.588. The van der Waals surface area contributed by atoms with Crippen molar-refractivity contribution >= 4 is 5.97 Å². The van der Waals surface area contributed by atoms with E-state index in [9.17, 15) is 4.79 Å². The van der Waals surface area contributed by atoms with E-state index in [4.69, 9.17) is 4.74 Å². The van der Waals surface area contributed by atoms with Crippen LogP contribution >= 0.6 is 0 Å². The van der Waals surface area contributed by atoms with Crippen LogP contribution in [0.5, 0.6) is 0 Å². The molecule has 112 valence electrons. The Labute approximate surface area is 122 Å². The Morgan fingerprint density at radius 3 is 2.30 bits per heavy atom. The number of methoxy groups -OCH3 is 1. The summed E-state index contributed by atoms with van der Waals surface area (Å²) in [5, 5.41) is 3.54. The van der Waals surface area contributed by atoms with Crippen molar-refractivity contribution in [1.29, 1.82) is 0 Å². The van der Waals surface area contributed by atoms with Crippen molar-refractivity contribution < 1.29 is 9.53 Å². The lowest BCUT2D eigenvalue weighted by atomic mass is 9.81. The van der Waals surface area contributed by atoms with Gasteiger partial charge in [-0.25, -0.2) is 4.79 Å². The SMILES string of the molecule is COC(=O)c1ccccc1CNC(C)(C)CC(C)(C)C. The summed E-state index contributed by atoms with van der Waals surface area (Å²) in [6.07, 6.45) is 1.06. The van der Waals surface area contributed by atoms with Gasteiger partial charge in [0.25, 0.3) is 0 Å². The monoisotopic (exact) mass is 277 g/mol. The second-order valence-corrected chi connectivity index (χ2v) is 7.12. The fourth-order valence-corrected chi connectivity index (χ4v) is 2.71. The van der Waals surface area contributed by atoms with Crippen LogP contribution in [0.4, 0.5) is 0 Å². The highest BCUT2D eigenvalue weighted by atomic mass is 16.5. The molecule has 0 heterocycles. The Hall–Kier alpha value is -1.35. The van der Waals surface area contributed by atoms with Gasteiger partial charge in [0, 0.05) is 12.1 Å². The first-order chi connectivity index (χ1) is 9.14. The third-order valence-electron chi connectivity index (χ3n) is 3.15. The molecule has 0 aliphatic heterocycles. The highest BCUT2D eigenvalue weighted by Gasteiger charge is 2.25. The number of carbonyl (C=O) groups excluding carboxylic acids is 1. The molecule has 0 unspecified atom stereocenters. The molecule has 1 rings (SSSR count). The number of rotatable bonds is 5. The second-order valence-electron chi connectivity index (χ2n) is 7.12. The molecule has 1 aromatic carbocycles. The molecule has 0 saturated carbocycles. The topological polar surface area (TPSA) is 38.3 Å². The molecule has 0 aliphatic rings. The molecule has 0 fully saturated rings. The standard InChI is InChI=1S/C17H27NO2/c1-16(2,3)12-17(4,5)18-11-13-9-7-8-10-14(13)15(19)20-6/h7-10,18H,11-12H2,1-6H3. The Balaban J connectivity index is 2.77. The van der Waals surface area contributed by atoms with Crippen molar-refractivity contribution in [3.63, 3.8) is 0 Å². The highest BCUT2D eigenvalue weighted by molar-refractivity contribution is 5.90. The number of hydrogen-bond donors (Lipinski definition) is 1. The summed E-state index contributed by atoms with van der Waals surface area (Å²) >= 11 is 0. The second kappa shape index (κ2) is 6.40. The smallest absolute Gasteiger partial charge is 0.338 e. The average molecular weight is 277 g/mol. The summed E-state index contributed by atoms with van der Waals surface area (Å²) < 4.78 is 4.82. The Kier molecular flexibility index (Phi) is 5.35. The van der Waals surface area contributed by atoms with Crippen LogP contribution < -0.4 is 5.32 Å². The minimum atomic E-state index is -0.281. The van der Waals surface area contributed by atoms with Crippen molar-refractivity contribution in [2.45, 2.75) is 53.1 Å². The third-order valence-corrected chi connectivity index (χ3v) is 3.15. The number of carbonyl (C=O) groups is 1. The zero-order valence-electron chi connectivity index (χ0n) is 13.5. The van der Waals surface area contributed by atoms with E-state index in [0.29, 0.717) is 12.1 Å². The number of benzene rings is 1. The minimum Gasteiger partial charge on any atom is -0.465 e. The summed E-state index contributed by atoms with van der Waals surface area (Å²) in [5.41, 5.74) is 1.88. The summed E-state index contributed by atoms with van der Waals surface area (Å²) in [7, 11) is 1.41. The predicted molar refractivity (Wildman–Crippen MR) is 82.8 cm³/mol. The number of nitrogens with one attached hydrogen (secondary N) is 1. The molecule has 0 saturated heterocycles. The molecule has 0 aliphatic carbocycles. The lowest BCUT2D eigenvalue weighted by molar-refractivity contribution is 0.0599. The van der Waals surface area contributed by atoms with Gasteiger partial charge in [-0.1, -0.05) is 39.0 Å². The lowest BCUT2D eigenvalue weighted by Gasteiger charge is -2.33. The Morgan fingerprint density at radius 2 is 1.75 bits per heavy atom. The molecular weight excluding hydrogens is 250 g/mol. The van der Waals surface area contributed by atoms with Gasteiger partial charge in [-0.15, -0.1) is 0 Å². The minimum absolute atomic E-state index is 0.0154. The van der Waals surface area contributed by atoms with E-state index in [-0.39, 0.29) is 16.9 Å². The maximum absolute atomic E-state index is 11.7. The normalized spacial score (nSPS) is 12.3. The van der Waals surface area contributed by atoms with Crippen LogP contribution in [0, 0.1) is 5.41 Å². The highest BCUT2D eigenvalue weighted by Crippen LogP contribution is 2.27. The molecule has 20 heavy (non-hydrogen) atoms. The summed E-state index contributed by atoms with van der Waals surface area (Å²) in [6.45, 7) is 11.8. The summed E-state index contributed by atoms with van der Waals surface area (Å²) in [6, 6.07) is 7.57. The van der Waals surface area contributed by atoms with Crippen LogP contribution in [0.2, 0.25) is 0 Å². The third kappa shape index (κ3) is 5.33. The van der Waals surface area contributed by atoms with Gasteiger partial charge in [0.05, 0.1) is 12.7 Å². The van der Waals surface area contributed by atoms with Crippen LogP contribution in [0.1, 0.15) is 57.0 Å². The van der Waals surface area contributed by atoms with E-state index < -0.39 is 0 Å². The van der Waals surface area contributed by atoms with Crippen molar-refractivity contribution in [3.8, 4) is 0 Å². The molecular formula is C17H27NO2. The van der Waals surface area contributed by atoms with Gasteiger partial charge in [0.1, 0.15) is 0 Å². The maximum Gasteiger partial charge on any atom is 0.338 e. The van der Waals surface area contributed by atoms with E-state index in [1.54, 1.807) is 6.07 Å². The quantitative estimate of drug-likeness (QED) is 0.832. The van der Waals surface area contributed by atoms with Crippen molar-refractivity contribution in [2.24, 2.45) is 5.41 Å². The molecule has 1 N–H and O–H groups in total. The molecule has 3 heteroatoms. The molecule has 0 bridgehead atoms. The average Bonchev–Trinajstić information content (AvgIpc) is 2.33. The van der Waals surface area contributed by atoms with Gasteiger partial charge in [-0.2, -0.15) is 0 Å². The lowest BCUT2D eigenvalue weighted by Crippen LogP contribution is -2.42. The first-order valence-corrected chi connectivity index (χ1v) is 7.06. The van der Waals surface area contributed by atoms with Crippen LogP contribution in [0.25, 0.3) is 0 Å². The predicted octanol–water partition coefficient (Wildman–Crippen LogP) is 3.78. The van der Waals surface area contributed by atoms with Crippen LogP contribution in [-0.2, 0) is 11.3 Å². The number of esters is 1. The zero-order chi connectivity index (χ0) is 15.4. The van der Waals surface area contributed by atoms with E-state index in [0.717, 1.165) is 12.0 Å². The summed E-state index contributed by atoms with van der Waals surface area (Å²) in [4.78, 5) is 11.7. The van der Waals surface area contributed by atoms with E-state index >= 15 is 0 Å². The van der Waals surface area contributed by atoms with Crippen LogP contribution in [0.15, 0.2) is 24.3 Å². The molecule has 0 amide bonds. The van der Waals surface area contributed by atoms with Gasteiger partial charge in [-0.3, -0.25) is 0 Å². The summed E-state index contributed by atoms with van der Waals surface area (Å²) in [5.74, 6) is -0.281. The van der Waals surface area contributed by atoms with Crippen molar-refractivity contribution in [2.75, 3.05) is 7.11 Å². The molecule has 0 aromatic heterocycles. The van der Waals surface area contributed by atoms with E-state index in [1.807, 2.05) is 18.2 Å². The molecule has 0 radical (unpaired) electrons. The molecule has 0 atom stereocenters. The molecule has 0 spiro atoms. The first kappa shape index (κ1) is 16.7.